The fourth-order valence-corrected chi connectivity index (χ4v) is 2.92. The Morgan fingerprint density at radius 3 is 2.55 bits per heavy atom. The van der Waals surface area contributed by atoms with Gasteiger partial charge in [0, 0.05) is 25.2 Å². The van der Waals surface area contributed by atoms with E-state index in [9.17, 15) is 18.5 Å². The lowest BCUT2D eigenvalue weighted by molar-refractivity contribution is -0.385. The summed E-state index contributed by atoms with van der Waals surface area (Å²) in [5.41, 5.74) is 0.115. The van der Waals surface area contributed by atoms with Gasteiger partial charge in [0.15, 0.2) is 0 Å². The molecule has 0 aliphatic rings. The van der Waals surface area contributed by atoms with E-state index in [1.54, 1.807) is 0 Å². The highest BCUT2D eigenvalue weighted by Crippen LogP contribution is 2.26. The van der Waals surface area contributed by atoms with Gasteiger partial charge in [-0.15, -0.1) is 0 Å². The Balaban J connectivity index is 3.17. The molecule has 0 aliphatic carbocycles. The van der Waals surface area contributed by atoms with Crippen LogP contribution in [0.2, 0.25) is 0 Å². The maximum Gasteiger partial charge on any atom is 0.270 e. The summed E-state index contributed by atoms with van der Waals surface area (Å²) in [5, 5.41) is 13.7. The van der Waals surface area contributed by atoms with Gasteiger partial charge in [-0.3, -0.25) is 10.1 Å². The molecule has 2 N–H and O–H groups in total. The van der Waals surface area contributed by atoms with Crippen molar-refractivity contribution in [3.63, 3.8) is 0 Å². The minimum absolute atomic E-state index is 0.0929. The minimum Gasteiger partial charge on any atom is -0.384 e. The van der Waals surface area contributed by atoms with Gasteiger partial charge < -0.3 is 5.32 Å². The summed E-state index contributed by atoms with van der Waals surface area (Å²) >= 11 is 0. The van der Waals surface area contributed by atoms with E-state index in [1.165, 1.54) is 12.1 Å². The molecule has 8 heteroatoms. The number of nitrogens with zero attached hydrogens (tertiary/aromatic N) is 1. The van der Waals surface area contributed by atoms with Crippen LogP contribution < -0.4 is 10.0 Å². The number of anilines is 1. The topological polar surface area (TPSA) is 101 Å². The van der Waals surface area contributed by atoms with Gasteiger partial charge in [-0.2, -0.15) is 0 Å². The smallest absolute Gasteiger partial charge is 0.270 e. The van der Waals surface area contributed by atoms with E-state index in [0.29, 0.717) is 25.2 Å². The highest BCUT2D eigenvalue weighted by Gasteiger charge is 2.21. The van der Waals surface area contributed by atoms with E-state index >= 15 is 0 Å². The third-order valence-corrected chi connectivity index (χ3v) is 4.16. The zero-order valence-electron chi connectivity index (χ0n) is 11.5. The predicted octanol–water partition coefficient (Wildman–Crippen LogP) is 2.10. The average Bonchev–Trinajstić information content (AvgIpc) is 2.39. The summed E-state index contributed by atoms with van der Waals surface area (Å²) < 4.78 is 26.9. The van der Waals surface area contributed by atoms with Gasteiger partial charge in [0.25, 0.3) is 5.69 Å². The first-order valence-corrected chi connectivity index (χ1v) is 7.92. The number of hydrogen-bond donors (Lipinski definition) is 2. The van der Waals surface area contributed by atoms with E-state index in [-0.39, 0.29) is 10.6 Å². The number of nitrogens with one attached hydrogen (secondary N) is 2. The fraction of sp³-hybridized carbons (Fsp3) is 0.500. The van der Waals surface area contributed by atoms with E-state index in [2.05, 4.69) is 10.0 Å². The van der Waals surface area contributed by atoms with Gasteiger partial charge in [-0.1, -0.05) is 13.3 Å². The molecule has 0 spiro atoms. The predicted molar refractivity (Wildman–Crippen MR) is 77.4 cm³/mol. The number of non-ortho nitro benzene ring substituents is 1. The summed E-state index contributed by atoms with van der Waals surface area (Å²) in [6, 6.07) is 3.77. The molecular formula is C12H19N3O4S. The molecule has 0 amide bonds. The first-order valence-electron chi connectivity index (χ1n) is 6.44. The molecule has 1 aromatic carbocycles. The Bertz CT molecular complexity index is 572. The Labute approximate surface area is 118 Å². The Morgan fingerprint density at radius 2 is 2.00 bits per heavy atom. The van der Waals surface area contributed by atoms with Gasteiger partial charge in [0.05, 0.1) is 10.6 Å². The van der Waals surface area contributed by atoms with Crippen molar-refractivity contribution in [1.29, 1.82) is 0 Å². The average molecular weight is 301 g/mol. The highest BCUT2D eigenvalue weighted by atomic mass is 32.2. The van der Waals surface area contributed by atoms with Crippen LogP contribution in [-0.2, 0) is 10.0 Å². The molecule has 0 saturated heterocycles. The van der Waals surface area contributed by atoms with Crippen LogP contribution in [0.4, 0.5) is 11.4 Å². The molecule has 0 bridgehead atoms. The van der Waals surface area contributed by atoms with Crippen molar-refractivity contribution in [2.75, 3.05) is 18.4 Å². The standard InChI is InChI=1S/C12H19N3O4S/c1-3-5-8-14-20(18,19)12-9-10(15(16)17)6-7-11(12)13-4-2/h6-7,9,13-14H,3-5,8H2,1-2H3. The number of nitro groups is 1. The quantitative estimate of drug-likeness (QED) is 0.435. The van der Waals surface area contributed by atoms with Crippen molar-refractivity contribution in [1.82, 2.24) is 4.72 Å². The summed E-state index contributed by atoms with van der Waals surface area (Å²) in [6.07, 6.45) is 1.57. The molecule has 0 fully saturated rings. The van der Waals surface area contributed by atoms with Gasteiger partial charge in [0.2, 0.25) is 10.0 Å². The van der Waals surface area contributed by atoms with Crippen LogP contribution >= 0.6 is 0 Å². The van der Waals surface area contributed by atoms with Crippen molar-refractivity contribution in [2.45, 2.75) is 31.6 Å². The van der Waals surface area contributed by atoms with Crippen molar-refractivity contribution in [3.8, 4) is 0 Å². The zero-order chi connectivity index (χ0) is 15.2. The van der Waals surface area contributed by atoms with Crippen LogP contribution in [0, 0.1) is 10.1 Å². The molecule has 0 saturated carbocycles. The molecule has 0 unspecified atom stereocenters. The Kier molecular flexibility index (Phi) is 5.90. The van der Waals surface area contributed by atoms with E-state index < -0.39 is 14.9 Å². The lowest BCUT2D eigenvalue weighted by atomic mass is 10.3. The number of hydrogen-bond acceptors (Lipinski definition) is 5. The fourth-order valence-electron chi connectivity index (χ4n) is 1.64. The van der Waals surface area contributed by atoms with Crippen LogP contribution in [0.15, 0.2) is 23.1 Å². The molecule has 0 aromatic heterocycles. The lowest BCUT2D eigenvalue weighted by Gasteiger charge is -2.12. The number of sulfonamides is 1. The number of rotatable bonds is 8. The lowest BCUT2D eigenvalue weighted by Crippen LogP contribution is -2.25. The third kappa shape index (κ3) is 4.17. The normalized spacial score (nSPS) is 11.3. The van der Waals surface area contributed by atoms with Crippen molar-refractivity contribution in [2.24, 2.45) is 0 Å². The van der Waals surface area contributed by atoms with Gasteiger partial charge in [-0.25, -0.2) is 13.1 Å². The van der Waals surface area contributed by atoms with Gasteiger partial charge in [0.1, 0.15) is 4.90 Å². The van der Waals surface area contributed by atoms with Crippen molar-refractivity contribution in [3.05, 3.63) is 28.3 Å². The summed E-state index contributed by atoms with van der Waals surface area (Å²) in [5.74, 6) is 0. The minimum atomic E-state index is -3.76. The number of nitro benzene ring substituents is 1. The first-order chi connectivity index (χ1) is 9.42. The van der Waals surface area contributed by atoms with Crippen LogP contribution in [0.5, 0.6) is 0 Å². The van der Waals surface area contributed by atoms with Crippen LogP contribution in [-0.4, -0.2) is 26.4 Å². The second kappa shape index (κ2) is 7.20. The van der Waals surface area contributed by atoms with E-state index in [1.807, 2.05) is 13.8 Å². The molecular weight excluding hydrogens is 282 g/mol. The van der Waals surface area contributed by atoms with E-state index in [4.69, 9.17) is 0 Å². The zero-order valence-corrected chi connectivity index (χ0v) is 12.4. The van der Waals surface area contributed by atoms with E-state index in [0.717, 1.165) is 12.5 Å². The van der Waals surface area contributed by atoms with Gasteiger partial charge >= 0.3 is 0 Å². The molecule has 0 radical (unpaired) electrons. The molecule has 0 aliphatic heterocycles. The number of benzene rings is 1. The van der Waals surface area contributed by atoms with Crippen LogP contribution in [0.25, 0.3) is 0 Å². The first kappa shape index (κ1) is 16.4. The monoisotopic (exact) mass is 301 g/mol. The van der Waals surface area contributed by atoms with Crippen molar-refractivity contribution >= 4 is 21.4 Å². The second-order valence-electron chi connectivity index (χ2n) is 4.22. The maximum atomic E-state index is 12.2. The van der Waals surface area contributed by atoms with Crippen molar-refractivity contribution < 1.29 is 13.3 Å². The van der Waals surface area contributed by atoms with Gasteiger partial charge in [-0.05, 0) is 19.4 Å². The number of unbranched alkanes of at least 4 members (excludes halogenated alkanes) is 1. The molecule has 112 valence electrons. The molecule has 0 heterocycles. The summed E-state index contributed by atoms with van der Waals surface area (Å²) in [7, 11) is -3.76. The Hall–Kier alpha value is -1.67. The highest BCUT2D eigenvalue weighted by molar-refractivity contribution is 7.89. The largest absolute Gasteiger partial charge is 0.384 e. The summed E-state index contributed by atoms with van der Waals surface area (Å²) in [6.45, 7) is 4.61. The second-order valence-corrected chi connectivity index (χ2v) is 5.95. The Morgan fingerprint density at radius 1 is 1.30 bits per heavy atom. The SMILES string of the molecule is CCCCNS(=O)(=O)c1cc([N+](=O)[O-])ccc1NCC. The molecule has 20 heavy (non-hydrogen) atoms. The molecule has 1 rings (SSSR count). The maximum absolute atomic E-state index is 12.2. The van der Waals surface area contributed by atoms with Crippen LogP contribution in [0.1, 0.15) is 26.7 Å². The molecule has 0 atom stereocenters. The van der Waals surface area contributed by atoms with Crippen LogP contribution in [0.3, 0.4) is 0 Å². The summed E-state index contributed by atoms with van der Waals surface area (Å²) in [4.78, 5) is 10.1. The third-order valence-electron chi connectivity index (χ3n) is 2.66. The molecule has 7 nitrogen and oxygen atoms in total. The molecule has 1 aromatic rings.